The predicted octanol–water partition coefficient (Wildman–Crippen LogP) is 1.81. The molecule has 0 spiro atoms. The minimum atomic E-state index is -0.841. The zero-order valence-corrected chi connectivity index (χ0v) is 10.5. The number of benzene rings is 1. The van der Waals surface area contributed by atoms with E-state index in [2.05, 4.69) is 0 Å². The quantitative estimate of drug-likeness (QED) is 0.591. The zero-order chi connectivity index (χ0) is 13.1. The average molecular weight is 248 g/mol. The van der Waals surface area contributed by atoms with Crippen molar-refractivity contribution < 1.29 is 19.1 Å². The molecule has 1 aliphatic heterocycles. The van der Waals surface area contributed by atoms with E-state index in [0.29, 0.717) is 6.61 Å². The summed E-state index contributed by atoms with van der Waals surface area (Å²) in [7, 11) is 1.29. The summed E-state index contributed by atoms with van der Waals surface area (Å²) in [6, 6.07) is 7.64. The lowest BCUT2D eigenvalue weighted by Crippen LogP contribution is -2.37. The Kier molecular flexibility index (Phi) is 3.77. The summed E-state index contributed by atoms with van der Waals surface area (Å²) in [6.45, 7) is 2.33. The minimum Gasteiger partial charge on any atom is -0.468 e. The second kappa shape index (κ2) is 5.31. The van der Waals surface area contributed by atoms with Crippen LogP contribution >= 0.6 is 0 Å². The molecule has 2 rings (SSSR count). The lowest BCUT2D eigenvalue weighted by atomic mass is 9.88. The first-order chi connectivity index (χ1) is 8.63. The van der Waals surface area contributed by atoms with E-state index in [-0.39, 0.29) is 12.2 Å². The van der Waals surface area contributed by atoms with Crippen LogP contribution in [-0.2, 0) is 19.1 Å². The third-order valence-corrected chi connectivity index (χ3v) is 3.16. The van der Waals surface area contributed by atoms with Crippen LogP contribution in [0.1, 0.15) is 23.7 Å². The van der Waals surface area contributed by atoms with E-state index < -0.39 is 18.0 Å². The number of Topliss-reactive ketones (excluding diaryl/α,β-unsaturated/α-hetero) is 1. The first-order valence-electron chi connectivity index (χ1n) is 5.92. The van der Waals surface area contributed by atoms with Gasteiger partial charge >= 0.3 is 5.97 Å². The van der Waals surface area contributed by atoms with Crippen LogP contribution in [0.25, 0.3) is 0 Å². The summed E-state index contributed by atoms with van der Waals surface area (Å²) in [5.41, 5.74) is 1.96. The fraction of sp³-hybridized carbons (Fsp3) is 0.429. The van der Waals surface area contributed by atoms with Crippen molar-refractivity contribution in [3.8, 4) is 0 Å². The number of rotatable bonds is 2. The normalized spacial score (nSPS) is 23.8. The van der Waals surface area contributed by atoms with Gasteiger partial charge in [0.25, 0.3) is 0 Å². The molecule has 1 aromatic carbocycles. The van der Waals surface area contributed by atoms with Crippen molar-refractivity contribution in [2.75, 3.05) is 13.7 Å². The molecular formula is C14H16O4. The Bertz CT molecular complexity index is 441. The lowest BCUT2D eigenvalue weighted by Gasteiger charge is -2.29. The maximum Gasteiger partial charge on any atom is 0.319 e. The molecule has 1 saturated heterocycles. The third-order valence-electron chi connectivity index (χ3n) is 3.16. The average Bonchev–Trinajstić information content (AvgIpc) is 2.38. The summed E-state index contributed by atoms with van der Waals surface area (Å²) in [5.74, 6) is -1.48. The summed E-state index contributed by atoms with van der Waals surface area (Å²) in [6.07, 6.45) is -0.262. The second-order valence-electron chi connectivity index (χ2n) is 4.42. The molecule has 1 aromatic rings. The third kappa shape index (κ3) is 2.43. The molecule has 1 fully saturated rings. The molecular weight excluding hydrogens is 232 g/mol. The minimum absolute atomic E-state index is 0.112. The molecule has 0 aromatic heterocycles. The van der Waals surface area contributed by atoms with Crippen LogP contribution in [0.3, 0.4) is 0 Å². The zero-order valence-electron chi connectivity index (χ0n) is 10.5. The van der Waals surface area contributed by atoms with Crippen LogP contribution in [-0.4, -0.2) is 25.5 Å². The molecule has 0 aliphatic carbocycles. The Morgan fingerprint density at radius 1 is 1.33 bits per heavy atom. The van der Waals surface area contributed by atoms with Crippen LogP contribution in [0.2, 0.25) is 0 Å². The summed E-state index contributed by atoms with van der Waals surface area (Å²) < 4.78 is 10.3. The Balaban J connectivity index is 2.30. The molecule has 0 bridgehead atoms. The van der Waals surface area contributed by atoms with E-state index in [1.165, 1.54) is 7.11 Å². The summed E-state index contributed by atoms with van der Waals surface area (Å²) >= 11 is 0. The molecule has 0 N–H and O–H groups in total. The van der Waals surface area contributed by atoms with Crippen LogP contribution in [0.15, 0.2) is 24.3 Å². The Morgan fingerprint density at radius 3 is 2.61 bits per heavy atom. The molecule has 1 aliphatic rings. The van der Waals surface area contributed by atoms with Crippen molar-refractivity contribution in [1.82, 2.24) is 0 Å². The lowest BCUT2D eigenvalue weighted by molar-refractivity contribution is -0.161. The van der Waals surface area contributed by atoms with Gasteiger partial charge in [0.15, 0.2) is 5.78 Å². The monoisotopic (exact) mass is 248 g/mol. The van der Waals surface area contributed by atoms with E-state index in [0.717, 1.165) is 11.1 Å². The van der Waals surface area contributed by atoms with Crippen molar-refractivity contribution in [2.45, 2.75) is 19.4 Å². The number of ether oxygens (including phenoxy) is 2. The van der Waals surface area contributed by atoms with Gasteiger partial charge in [-0.1, -0.05) is 29.8 Å². The number of esters is 1. The molecule has 0 saturated carbocycles. The number of hydrogen-bond acceptors (Lipinski definition) is 4. The summed E-state index contributed by atoms with van der Waals surface area (Å²) in [5, 5.41) is 0. The van der Waals surface area contributed by atoms with Crippen LogP contribution in [0.4, 0.5) is 0 Å². The van der Waals surface area contributed by atoms with Crippen molar-refractivity contribution in [3.05, 3.63) is 35.4 Å². The van der Waals surface area contributed by atoms with E-state index in [1.54, 1.807) is 0 Å². The highest BCUT2D eigenvalue weighted by Crippen LogP contribution is 2.32. The molecule has 2 atom stereocenters. The number of methoxy groups -OCH3 is 1. The Hall–Kier alpha value is -1.68. The molecule has 4 nitrogen and oxygen atoms in total. The molecule has 1 heterocycles. The molecule has 0 unspecified atom stereocenters. The van der Waals surface area contributed by atoms with Gasteiger partial charge in [-0.05, 0) is 12.5 Å². The molecule has 0 radical (unpaired) electrons. The molecule has 4 heteroatoms. The van der Waals surface area contributed by atoms with Crippen molar-refractivity contribution in [2.24, 2.45) is 5.92 Å². The van der Waals surface area contributed by atoms with Crippen molar-refractivity contribution in [1.29, 1.82) is 0 Å². The summed E-state index contributed by atoms with van der Waals surface area (Å²) in [4.78, 5) is 23.6. The topological polar surface area (TPSA) is 52.6 Å². The first-order valence-corrected chi connectivity index (χ1v) is 5.92. The van der Waals surface area contributed by atoms with Gasteiger partial charge in [-0.25, -0.2) is 0 Å². The van der Waals surface area contributed by atoms with Gasteiger partial charge in [-0.2, -0.15) is 0 Å². The maximum atomic E-state index is 11.9. The molecule has 18 heavy (non-hydrogen) atoms. The Labute approximate surface area is 106 Å². The smallest absolute Gasteiger partial charge is 0.319 e. The first kappa shape index (κ1) is 12.8. The van der Waals surface area contributed by atoms with E-state index in [4.69, 9.17) is 9.47 Å². The number of carbonyl (C=O) groups is 2. The van der Waals surface area contributed by atoms with Crippen LogP contribution in [0, 0.1) is 12.8 Å². The second-order valence-corrected chi connectivity index (χ2v) is 4.42. The number of carbonyl (C=O) groups excluding carboxylic acids is 2. The van der Waals surface area contributed by atoms with Gasteiger partial charge < -0.3 is 9.47 Å². The fourth-order valence-corrected chi connectivity index (χ4v) is 2.13. The van der Waals surface area contributed by atoms with Crippen LogP contribution in [0.5, 0.6) is 0 Å². The molecule has 96 valence electrons. The van der Waals surface area contributed by atoms with Gasteiger partial charge in [0, 0.05) is 6.42 Å². The van der Waals surface area contributed by atoms with Gasteiger partial charge in [-0.3, -0.25) is 9.59 Å². The largest absolute Gasteiger partial charge is 0.468 e. The van der Waals surface area contributed by atoms with E-state index >= 15 is 0 Å². The standard InChI is InChI=1S/C14H16O4/c1-9-3-5-10(6-4-9)13-12(14(16)17-2)11(15)7-8-18-13/h3-6,12-13H,7-8H2,1-2H3/t12-,13+/m0/s1. The van der Waals surface area contributed by atoms with Gasteiger partial charge in [0.1, 0.15) is 12.0 Å². The number of ketones is 1. The fourth-order valence-electron chi connectivity index (χ4n) is 2.13. The van der Waals surface area contributed by atoms with Gasteiger partial charge in [0.2, 0.25) is 0 Å². The van der Waals surface area contributed by atoms with Crippen molar-refractivity contribution >= 4 is 11.8 Å². The van der Waals surface area contributed by atoms with E-state index in [1.807, 2.05) is 31.2 Å². The van der Waals surface area contributed by atoms with Crippen molar-refractivity contribution in [3.63, 3.8) is 0 Å². The number of aryl methyl sites for hydroxylation is 1. The van der Waals surface area contributed by atoms with Gasteiger partial charge in [0.05, 0.1) is 13.7 Å². The predicted molar refractivity (Wildman–Crippen MR) is 65.0 cm³/mol. The highest BCUT2D eigenvalue weighted by molar-refractivity contribution is 6.00. The number of hydrogen-bond donors (Lipinski definition) is 0. The van der Waals surface area contributed by atoms with E-state index in [9.17, 15) is 9.59 Å². The van der Waals surface area contributed by atoms with Crippen LogP contribution < -0.4 is 0 Å². The Morgan fingerprint density at radius 2 is 2.00 bits per heavy atom. The highest BCUT2D eigenvalue weighted by atomic mass is 16.5. The molecule has 0 amide bonds. The van der Waals surface area contributed by atoms with Gasteiger partial charge in [-0.15, -0.1) is 0 Å². The maximum absolute atomic E-state index is 11.9. The SMILES string of the molecule is COC(=O)[C@H]1C(=O)CCO[C@@H]1c1ccc(C)cc1. The highest BCUT2D eigenvalue weighted by Gasteiger charge is 2.40.